The lowest BCUT2D eigenvalue weighted by Gasteiger charge is -2.28. The van der Waals surface area contributed by atoms with Crippen molar-refractivity contribution in [1.82, 2.24) is 10.2 Å². The van der Waals surface area contributed by atoms with Crippen LogP contribution in [0.2, 0.25) is 0 Å². The van der Waals surface area contributed by atoms with Gasteiger partial charge >= 0.3 is 0 Å². The lowest BCUT2D eigenvalue weighted by Crippen LogP contribution is -2.44. The third kappa shape index (κ3) is 4.40. The Kier molecular flexibility index (Phi) is 5.22. The molecule has 0 aliphatic heterocycles. The first-order chi connectivity index (χ1) is 7.47. The summed E-state index contributed by atoms with van der Waals surface area (Å²) in [5.41, 5.74) is -0.587. The predicted molar refractivity (Wildman–Crippen MR) is 68.6 cm³/mol. The molecule has 16 heavy (non-hydrogen) atoms. The van der Waals surface area contributed by atoms with Crippen LogP contribution in [0.3, 0.4) is 0 Å². The first-order valence-corrected chi connectivity index (χ1v) is 6.64. The molecular weight excluding hydrogens is 200 g/mol. The Morgan fingerprint density at radius 1 is 1.44 bits per heavy atom. The van der Waals surface area contributed by atoms with Crippen molar-refractivity contribution in [3.05, 3.63) is 0 Å². The largest absolute Gasteiger partial charge is 0.389 e. The molecule has 3 heteroatoms. The molecule has 2 N–H and O–H groups in total. The maximum Gasteiger partial charge on any atom is 0.0766 e. The Morgan fingerprint density at radius 2 is 2.06 bits per heavy atom. The zero-order valence-electron chi connectivity index (χ0n) is 11.3. The molecule has 0 bridgehead atoms. The highest BCUT2D eigenvalue weighted by Crippen LogP contribution is 2.25. The van der Waals surface area contributed by atoms with Crippen molar-refractivity contribution in [2.24, 2.45) is 5.92 Å². The van der Waals surface area contributed by atoms with Crippen LogP contribution in [0, 0.1) is 5.92 Å². The second-order valence-electron chi connectivity index (χ2n) is 5.55. The van der Waals surface area contributed by atoms with Gasteiger partial charge in [0.2, 0.25) is 0 Å². The fourth-order valence-electron chi connectivity index (χ4n) is 1.81. The van der Waals surface area contributed by atoms with Crippen LogP contribution in [0.1, 0.15) is 40.5 Å². The van der Waals surface area contributed by atoms with Gasteiger partial charge < -0.3 is 10.4 Å². The number of hydrogen-bond donors (Lipinski definition) is 2. The molecule has 1 aliphatic rings. The van der Waals surface area contributed by atoms with E-state index in [1.807, 2.05) is 6.92 Å². The van der Waals surface area contributed by atoms with Crippen molar-refractivity contribution in [2.45, 2.75) is 52.2 Å². The molecule has 1 unspecified atom stereocenters. The minimum Gasteiger partial charge on any atom is -0.389 e. The molecule has 0 aromatic carbocycles. The van der Waals surface area contributed by atoms with Gasteiger partial charge in [0.1, 0.15) is 0 Å². The summed E-state index contributed by atoms with van der Waals surface area (Å²) < 4.78 is 0. The molecule has 1 saturated carbocycles. The summed E-state index contributed by atoms with van der Waals surface area (Å²) in [6.07, 6.45) is 2.75. The Morgan fingerprint density at radius 3 is 2.50 bits per heavy atom. The van der Waals surface area contributed by atoms with Crippen molar-refractivity contribution in [3.8, 4) is 0 Å². The Balaban J connectivity index is 2.10. The van der Waals surface area contributed by atoms with Crippen molar-refractivity contribution in [2.75, 3.05) is 26.2 Å². The fraction of sp³-hybridized carbons (Fsp3) is 1.00. The van der Waals surface area contributed by atoms with Crippen LogP contribution in [-0.2, 0) is 0 Å². The van der Waals surface area contributed by atoms with Gasteiger partial charge in [0, 0.05) is 25.7 Å². The average Bonchev–Trinajstić information content (AvgIpc) is 3.01. The van der Waals surface area contributed by atoms with E-state index in [0.717, 1.165) is 25.7 Å². The van der Waals surface area contributed by atoms with Crippen LogP contribution in [-0.4, -0.2) is 47.8 Å². The van der Waals surface area contributed by atoms with Gasteiger partial charge in [-0.05, 0) is 32.2 Å². The van der Waals surface area contributed by atoms with Gasteiger partial charge in [-0.3, -0.25) is 4.90 Å². The Bertz CT molecular complexity index is 200. The molecule has 0 aromatic rings. The van der Waals surface area contributed by atoms with Crippen LogP contribution in [0.25, 0.3) is 0 Å². The molecule has 3 nitrogen and oxygen atoms in total. The summed E-state index contributed by atoms with van der Waals surface area (Å²) in [5.74, 6) is 0.297. The second kappa shape index (κ2) is 5.99. The standard InChI is InChI=1S/C13H28N2O/c1-5-15(12-6-7-12)9-8-14-10-13(4,16)11(2)3/h11-12,14,16H,5-10H2,1-4H3. The van der Waals surface area contributed by atoms with E-state index in [1.54, 1.807) is 0 Å². The van der Waals surface area contributed by atoms with Gasteiger partial charge in [-0.25, -0.2) is 0 Å². The molecule has 0 aromatic heterocycles. The number of nitrogens with zero attached hydrogens (tertiary/aromatic N) is 1. The summed E-state index contributed by atoms with van der Waals surface area (Å²) in [6.45, 7) is 12.2. The molecule has 96 valence electrons. The molecule has 1 rings (SSSR count). The van der Waals surface area contributed by atoms with Crippen LogP contribution in [0.5, 0.6) is 0 Å². The lowest BCUT2D eigenvalue weighted by molar-refractivity contribution is 0.0139. The lowest BCUT2D eigenvalue weighted by atomic mass is 9.93. The van der Waals surface area contributed by atoms with E-state index >= 15 is 0 Å². The Hall–Kier alpha value is -0.120. The maximum atomic E-state index is 10.1. The molecule has 0 amide bonds. The van der Waals surface area contributed by atoms with E-state index in [1.165, 1.54) is 12.8 Å². The van der Waals surface area contributed by atoms with E-state index in [2.05, 4.69) is 31.0 Å². The van der Waals surface area contributed by atoms with E-state index in [-0.39, 0.29) is 0 Å². The first kappa shape index (κ1) is 13.9. The first-order valence-electron chi connectivity index (χ1n) is 6.64. The summed E-state index contributed by atoms with van der Waals surface area (Å²) in [5, 5.41) is 13.4. The normalized spacial score (nSPS) is 20.4. The second-order valence-corrected chi connectivity index (χ2v) is 5.55. The fourth-order valence-corrected chi connectivity index (χ4v) is 1.81. The van der Waals surface area contributed by atoms with E-state index in [9.17, 15) is 5.11 Å². The van der Waals surface area contributed by atoms with Crippen LogP contribution in [0.15, 0.2) is 0 Å². The minimum atomic E-state index is -0.587. The predicted octanol–water partition coefficient (Wildman–Crippen LogP) is 1.47. The highest BCUT2D eigenvalue weighted by atomic mass is 16.3. The Labute approximate surface area is 100 Å². The molecule has 1 fully saturated rings. The molecule has 1 aliphatic carbocycles. The highest BCUT2D eigenvalue weighted by Gasteiger charge is 2.27. The smallest absolute Gasteiger partial charge is 0.0766 e. The monoisotopic (exact) mass is 228 g/mol. The van der Waals surface area contributed by atoms with E-state index < -0.39 is 5.60 Å². The molecular formula is C13H28N2O. The van der Waals surface area contributed by atoms with Crippen LogP contribution < -0.4 is 5.32 Å². The quantitative estimate of drug-likeness (QED) is 0.618. The zero-order valence-corrected chi connectivity index (χ0v) is 11.3. The van der Waals surface area contributed by atoms with Crippen molar-refractivity contribution in [3.63, 3.8) is 0 Å². The van der Waals surface area contributed by atoms with Crippen molar-refractivity contribution in [1.29, 1.82) is 0 Å². The topological polar surface area (TPSA) is 35.5 Å². The minimum absolute atomic E-state index is 0.297. The van der Waals surface area contributed by atoms with E-state index in [0.29, 0.717) is 12.5 Å². The molecule has 1 atom stereocenters. The SMILES string of the molecule is CCN(CCNCC(C)(O)C(C)C)C1CC1. The molecule has 0 heterocycles. The summed E-state index contributed by atoms with van der Waals surface area (Å²) in [4.78, 5) is 2.52. The summed E-state index contributed by atoms with van der Waals surface area (Å²) in [6, 6.07) is 0.845. The number of nitrogens with one attached hydrogen (secondary N) is 1. The average molecular weight is 228 g/mol. The summed E-state index contributed by atoms with van der Waals surface area (Å²) in [7, 11) is 0. The summed E-state index contributed by atoms with van der Waals surface area (Å²) >= 11 is 0. The van der Waals surface area contributed by atoms with Gasteiger partial charge in [0.05, 0.1) is 5.60 Å². The van der Waals surface area contributed by atoms with Gasteiger partial charge in [0.25, 0.3) is 0 Å². The van der Waals surface area contributed by atoms with E-state index in [4.69, 9.17) is 0 Å². The van der Waals surface area contributed by atoms with Crippen LogP contribution in [0.4, 0.5) is 0 Å². The van der Waals surface area contributed by atoms with Crippen molar-refractivity contribution < 1.29 is 5.11 Å². The number of likely N-dealkylation sites (N-methyl/N-ethyl adjacent to an activating group) is 1. The zero-order chi connectivity index (χ0) is 12.2. The third-order valence-electron chi connectivity index (χ3n) is 3.77. The third-order valence-corrected chi connectivity index (χ3v) is 3.77. The van der Waals surface area contributed by atoms with Crippen LogP contribution >= 0.6 is 0 Å². The van der Waals surface area contributed by atoms with Gasteiger partial charge in [-0.15, -0.1) is 0 Å². The van der Waals surface area contributed by atoms with Crippen molar-refractivity contribution >= 4 is 0 Å². The van der Waals surface area contributed by atoms with Gasteiger partial charge in [-0.1, -0.05) is 20.8 Å². The number of rotatable bonds is 8. The molecule has 0 saturated heterocycles. The highest BCUT2D eigenvalue weighted by molar-refractivity contribution is 4.84. The van der Waals surface area contributed by atoms with Gasteiger partial charge in [0.15, 0.2) is 0 Å². The number of hydrogen-bond acceptors (Lipinski definition) is 3. The molecule has 0 spiro atoms. The molecule has 0 radical (unpaired) electrons. The van der Waals surface area contributed by atoms with Gasteiger partial charge in [-0.2, -0.15) is 0 Å². The maximum absolute atomic E-state index is 10.1. The number of aliphatic hydroxyl groups is 1.